The number of nitrogens with one attached hydrogen (secondary N) is 1. The quantitative estimate of drug-likeness (QED) is 0.740. The minimum absolute atomic E-state index is 0.0231. The van der Waals surface area contributed by atoms with Crippen molar-refractivity contribution >= 4 is 5.78 Å². The number of fused-ring (bicyclic) bond motifs is 1. The number of H-pyrrole nitrogens is 1. The standard InChI is InChI=1S/C20H25N5O/c1-15-18(19(26)25-20(23-15)21-14-22-25)11-13-24-12-5-8-17(24)10-9-16-6-3-2-4-7-16/h2-4,6-7,14,17H,5,8-13H2,1H3,(H,21,22,23)/t17-/m0/s1. The van der Waals surface area contributed by atoms with E-state index in [0.29, 0.717) is 11.8 Å². The highest BCUT2D eigenvalue weighted by Crippen LogP contribution is 2.22. The minimum atomic E-state index is -0.0231. The number of aromatic nitrogens is 4. The molecule has 1 aliphatic heterocycles. The molecule has 1 aliphatic rings. The van der Waals surface area contributed by atoms with E-state index >= 15 is 0 Å². The van der Waals surface area contributed by atoms with Gasteiger partial charge in [-0.2, -0.15) is 4.52 Å². The molecule has 1 saturated heterocycles. The van der Waals surface area contributed by atoms with E-state index in [9.17, 15) is 4.79 Å². The molecule has 1 atom stereocenters. The molecule has 1 N–H and O–H groups in total. The second-order valence-corrected chi connectivity index (χ2v) is 7.11. The Morgan fingerprint density at radius 1 is 1.23 bits per heavy atom. The Bertz CT molecular complexity index is 930. The summed E-state index contributed by atoms with van der Waals surface area (Å²) in [6.45, 7) is 3.94. The maximum absolute atomic E-state index is 12.6. The molecule has 136 valence electrons. The van der Waals surface area contributed by atoms with Crippen molar-refractivity contribution in [3.05, 3.63) is 63.8 Å². The van der Waals surface area contributed by atoms with Gasteiger partial charge in [0.1, 0.15) is 6.33 Å². The van der Waals surface area contributed by atoms with Crippen LogP contribution in [0.2, 0.25) is 0 Å². The normalized spacial score (nSPS) is 18.0. The van der Waals surface area contributed by atoms with Crippen LogP contribution in [0.1, 0.15) is 36.1 Å². The third kappa shape index (κ3) is 3.42. The lowest BCUT2D eigenvalue weighted by atomic mass is 10.0. The fourth-order valence-electron chi connectivity index (χ4n) is 4.03. The van der Waals surface area contributed by atoms with Gasteiger partial charge in [-0.3, -0.25) is 9.89 Å². The Labute approximate surface area is 152 Å². The largest absolute Gasteiger partial charge is 0.300 e. The number of hydrogen-bond acceptors (Lipinski definition) is 4. The van der Waals surface area contributed by atoms with Crippen molar-refractivity contribution in [3.8, 4) is 0 Å². The molecular weight excluding hydrogens is 326 g/mol. The smallest absolute Gasteiger partial charge is 0.277 e. The molecule has 0 unspecified atom stereocenters. The average Bonchev–Trinajstić information content (AvgIpc) is 3.30. The molecule has 0 saturated carbocycles. The fourth-order valence-corrected chi connectivity index (χ4v) is 4.03. The van der Waals surface area contributed by atoms with Crippen LogP contribution in [0.15, 0.2) is 41.5 Å². The molecule has 1 aromatic carbocycles. The Hall–Kier alpha value is -2.47. The summed E-state index contributed by atoms with van der Waals surface area (Å²) in [5.41, 5.74) is 2.97. The number of aromatic amines is 1. The predicted octanol–water partition coefficient (Wildman–Crippen LogP) is 2.37. The lowest BCUT2D eigenvalue weighted by Gasteiger charge is -2.24. The van der Waals surface area contributed by atoms with Gasteiger partial charge < -0.3 is 4.90 Å². The Morgan fingerprint density at radius 2 is 2.08 bits per heavy atom. The zero-order valence-electron chi connectivity index (χ0n) is 15.2. The second kappa shape index (κ2) is 7.41. The van der Waals surface area contributed by atoms with Crippen LogP contribution < -0.4 is 5.56 Å². The first-order valence-electron chi connectivity index (χ1n) is 9.42. The van der Waals surface area contributed by atoms with E-state index in [1.54, 1.807) is 0 Å². The van der Waals surface area contributed by atoms with Gasteiger partial charge in [-0.05, 0) is 51.1 Å². The second-order valence-electron chi connectivity index (χ2n) is 7.11. The Kier molecular flexibility index (Phi) is 4.84. The van der Waals surface area contributed by atoms with Crippen molar-refractivity contribution in [2.24, 2.45) is 0 Å². The number of benzene rings is 1. The topological polar surface area (TPSA) is 66.3 Å². The Morgan fingerprint density at radius 3 is 2.92 bits per heavy atom. The minimum Gasteiger partial charge on any atom is -0.300 e. The van der Waals surface area contributed by atoms with E-state index in [1.165, 1.54) is 35.7 Å². The molecule has 0 radical (unpaired) electrons. The van der Waals surface area contributed by atoms with Crippen LogP contribution in [0.25, 0.3) is 5.78 Å². The van der Waals surface area contributed by atoms with Crippen molar-refractivity contribution < 1.29 is 0 Å². The molecule has 4 rings (SSSR count). The molecule has 3 heterocycles. The van der Waals surface area contributed by atoms with Gasteiger partial charge in [0.05, 0.1) is 5.69 Å². The summed E-state index contributed by atoms with van der Waals surface area (Å²) in [6.07, 6.45) is 7.04. The summed E-state index contributed by atoms with van der Waals surface area (Å²) in [7, 11) is 0. The molecule has 0 amide bonds. The van der Waals surface area contributed by atoms with Crippen LogP contribution in [-0.2, 0) is 12.8 Å². The summed E-state index contributed by atoms with van der Waals surface area (Å²) < 4.78 is 1.43. The zero-order chi connectivity index (χ0) is 17.9. The molecule has 1 fully saturated rings. The van der Waals surface area contributed by atoms with Gasteiger partial charge in [0.25, 0.3) is 11.3 Å². The van der Waals surface area contributed by atoms with Gasteiger partial charge in [-0.15, -0.1) is 0 Å². The van der Waals surface area contributed by atoms with Crippen molar-refractivity contribution in [3.63, 3.8) is 0 Å². The zero-order valence-corrected chi connectivity index (χ0v) is 15.2. The summed E-state index contributed by atoms with van der Waals surface area (Å²) in [4.78, 5) is 23.7. The number of aryl methyl sites for hydroxylation is 2. The van der Waals surface area contributed by atoms with E-state index in [1.807, 2.05) is 6.92 Å². The number of nitrogens with zero attached hydrogens (tertiary/aromatic N) is 4. The first-order chi connectivity index (χ1) is 12.7. The first kappa shape index (κ1) is 17.0. The van der Waals surface area contributed by atoms with Gasteiger partial charge in [0, 0.05) is 18.2 Å². The van der Waals surface area contributed by atoms with E-state index in [2.05, 4.69) is 50.3 Å². The highest BCUT2D eigenvalue weighted by molar-refractivity contribution is 5.30. The summed E-state index contributed by atoms with van der Waals surface area (Å²) in [6, 6.07) is 11.3. The summed E-state index contributed by atoms with van der Waals surface area (Å²) >= 11 is 0. The van der Waals surface area contributed by atoms with Crippen molar-refractivity contribution in [1.29, 1.82) is 0 Å². The van der Waals surface area contributed by atoms with E-state index in [0.717, 1.165) is 37.2 Å². The van der Waals surface area contributed by atoms with Crippen LogP contribution in [0, 0.1) is 6.92 Å². The summed E-state index contributed by atoms with van der Waals surface area (Å²) in [5, 5.41) is 2.85. The van der Waals surface area contributed by atoms with Crippen LogP contribution >= 0.6 is 0 Å². The number of hydrogen-bond donors (Lipinski definition) is 1. The Balaban J connectivity index is 1.41. The molecule has 0 aliphatic carbocycles. The lowest BCUT2D eigenvalue weighted by Crippen LogP contribution is -2.33. The molecule has 26 heavy (non-hydrogen) atoms. The maximum Gasteiger partial charge on any atom is 0.277 e. The predicted molar refractivity (Wildman–Crippen MR) is 101 cm³/mol. The highest BCUT2D eigenvalue weighted by Gasteiger charge is 2.24. The van der Waals surface area contributed by atoms with Crippen LogP contribution in [0.3, 0.4) is 0 Å². The van der Waals surface area contributed by atoms with E-state index in [4.69, 9.17) is 0 Å². The van der Waals surface area contributed by atoms with Gasteiger partial charge in [0.15, 0.2) is 0 Å². The fraction of sp³-hybridized carbons (Fsp3) is 0.450. The van der Waals surface area contributed by atoms with Gasteiger partial charge in [-0.25, -0.2) is 9.97 Å². The average molecular weight is 351 g/mol. The first-order valence-corrected chi connectivity index (χ1v) is 9.42. The van der Waals surface area contributed by atoms with E-state index in [-0.39, 0.29) is 5.56 Å². The number of likely N-dealkylation sites (tertiary alicyclic amines) is 1. The molecule has 0 bridgehead atoms. The molecular formula is C20H25N5O. The SMILES string of the molecule is Cc1nc2nc[nH]n2c(=O)c1CCN1CCC[C@H]1CCc1ccccc1. The van der Waals surface area contributed by atoms with Crippen LogP contribution in [-0.4, -0.2) is 43.6 Å². The van der Waals surface area contributed by atoms with E-state index < -0.39 is 0 Å². The third-order valence-corrected chi connectivity index (χ3v) is 5.49. The van der Waals surface area contributed by atoms with Gasteiger partial charge in [-0.1, -0.05) is 30.3 Å². The monoisotopic (exact) mass is 351 g/mol. The summed E-state index contributed by atoms with van der Waals surface area (Å²) in [5.74, 6) is 0.443. The van der Waals surface area contributed by atoms with Gasteiger partial charge >= 0.3 is 0 Å². The lowest BCUT2D eigenvalue weighted by molar-refractivity contribution is 0.245. The molecule has 6 heteroatoms. The highest BCUT2D eigenvalue weighted by atomic mass is 16.1. The molecule has 2 aromatic heterocycles. The van der Waals surface area contributed by atoms with Crippen molar-refractivity contribution in [2.45, 2.75) is 45.1 Å². The van der Waals surface area contributed by atoms with Crippen LogP contribution in [0.5, 0.6) is 0 Å². The van der Waals surface area contributed by atoms with Crippen molar-refractivity contribution in [1.82, 2.24) is 24.5 Å². The molecule has 6 nitrogen and oxygen atoms in total. The number of rotatable bonds is 6. The molecule has 3 aromatic rings. The third-order valence-electron chi connectivity index (χ3n) is 5.49. The van der Waals surface area contributed by atoms with Gasteiger partial charge in [0.2, 0.25) is 0 Å². The maximum atomic E-state index is 12.6. The molecule has 0 spiro atoms. The van der Waals surface area contributed by atoms with Crippen LogP contribution in [0.4, 0.5) is 0 Å². The van der Waals surface area contributed by atoms with Crippen molar-refractivity contribution in [2.75, 3.05) is 13.1 Å².